The van der Waals surface area contributed by atoms with Crippen molar-refractivity contribution < 1.29 is 9.59 Å². The topological polar surface area (TPSA) is 102 Å². The molecule has 116 valence electrons. The molecule has 0 bridgehead atoms. The van der Waals surface area contributed by atoms with Crippen molar-refractivity contribution in [1.29, 1.82) is 0 Å². The highest BCUT2D eigenvalue weighted by molar-refractivity contribution is 6.36. The molecule has 3 amide bonds. The Labute approximate surface area is 136 Å². The van der Waals surface area contributed by atoms with Crippen LogP contribution in [0, 0.1) is 0 Å². The van der Waals surface area contributed by atoms with Gasteiger partial charge in [-0.1, -0.05) is 23.2 Å². The zero-order valence-electron chi connectivity index (χ0n) is 11.6. The predicted molar refractivity (Wildman–Crippen MR) is 85.5 cm³/mol. The van der Waals surface area contributed by atoms with Crippen LogP contribution in [0.5, 0.6) is 0 Å². The summed E-state index contributed by atoms with van der Waals surface area (Å²) >= 11 is 11.7. The van der Waals surface area contributed by atoms with Gasteiger partial charge in [0.1, 0.15) is 5.69 Å². The summed E-state index contributed by atoms with van der Waals surface area (Å²) in [4.78, 5) is 23.4. The Morgan fingerprint density at radius 1 is 1.27 bits per heavy atom. The standard InChI is InChI=1S/C13H13Cl2N5O2/c1-2-20-11(12(16)21)10(6-17-20)19-13(22)18-9-4-3-7(14)5-8(9)15/h3-6H,2H2,1H3,(H2,16,21)(H2,18,19,22). The first-order valence-corrected chi connectivity index (χ1v) is 7.06. The number of anilines is 2. The molecular weight excluding hydrogens is 329 g/mol. The summed E-state index contributed by atoms with van der Waals surface area (Å²) in [5, 5.41) is 9.78. The lowest BCUT2D eigenvalue weighted by Gasteiger charge is -2.09. The van der Waals surface area contributed by atoms with Crippen molar-refractivity contribution in [2.24, 2.45) is 5.73 Å². The Morgan fingerprint density at radius 3 is 2.55 bits per heavy atom. The molecule has 4 N–H and O–H groups in total. The third-order valence-electron chi connectivity index (χ3n) is 2.80. The maximum atomic E-state index is 12.0. The average Bonchev–Trinajstić information content (AvgIpc) is 2.84. The highest BCUT2D eigenvalue weighted by Crippen LogP contribution is 2.25. The van der Waals surface area contributed by atoms with E-state index in [2.05, 4.69) is 15.7 Å². The summed E-state index contributed by atoms with van der Waals surface area (Å²) in [6.07, 6.45) is 1.35. The molecule has 1 aromatic heterocycles. The van der Waals surface area contributed by atoms with Gasteiger partial charge in [0, 0.05) is 11.6 Å². The van der Waals surface area contributed by atoms with Gasteiger partial charge in [-0.25, -0.2) is 4.79 Å². The molecule has 0 saturated carbocycles. The number of urea groups is 1. The van der Waals surface area contributed by atoms with E-state index in [0.717, 1.165) is 0 Å². The number of nitrogens with one attached hydrogen (secondary N) is 2. The van der Waals surface area contributed by atoms with Crippen LogP contribution in [0.15, 0.2) is 24.4 Å². The molecule has 1 aromatic carbocycles. The number of amides is 3. The number of aryl methyl sites for hydroxylation is 1. The van der Waals surface area contributed by atoms with E-state index in [1.54, 1.807) is 19.1 Å². The number of rotatable bonds is 4. The zero-order valence-corrected chi connectivity index (χ0v) is 13.1. The summed E-state index contributed by atoms with van der Waals surface area (Å²) in [5.41, 5.74) is 6.02. The Morgan fingerprint density at radius 2 is 1.95 bits per heavy atom. The van der Waals surface area contributed by atoms with Crippen molar-refractivity contribution in [3.05, 3.63) is 40.1 Å². The van der Waals surface area contributed by atoms with Crippen LogP contribution >= 0.6 is 23.2 Å². The molecule has 2 rings (SSSR count). The van der Waals surface area contributed by atoms with Gasteiger partial charge in [-0.3, -0.25) is 9.48 Å². The van der Waals surface area contributed by atoms with Crippen LogP contribution in [-0.4, -0.2) is 21.7 Å². The van der Waals surface area contributed by atoms with Gasteiger partial charge in [-0.15, -0.1) is 0 Å². The summed E-state index contributed by atoms with van der Waals surface area (Å²) in [7, 11) is 0. The van der Waals surface area contributed by atoms with Crippen LogP contribution in [0.4, 0.5) is 16.2 Å². The second-order valence-electron chi connectivity index (χ2n) is 4.29. The first-order chi connectivity index (χ1) is 10.4. The number of nitrogens with two attached hydrogens (primary N) is 1. The van der Waals surface area contributed by atoms with Crippen molar-refractivity contribution in [3.8, 4) is 0 Å². The third kappa shape index (κ3) is 3.49. The molecule has 7 nitrogen and oxygen atoms in total. The summed E-state index contributed by atoms with van der Waals surface area (Å²) < 4.78 is 1.40. The zero-order chi connectivity index (χ0) is 16.3. The van der Waals surface area contributed by atoms with Crippen molar-refractivity contribution >= 4 is 46.5 Å². The molecule has 22 heavy (non-hydrogen) atoms. The molecule has 0 aliphatic carbocycles. The largest absolute Gasteiger partial charge is 0.364 e. The van der Waals surface area contributed by atoms with E-state index in [-0.39, 0.29) is 11.4 Å². The van der Waals surface area contributed by atoms with Gasteiger partial charge in [-0.05, 0) is 25.1 Å². The number of hydrogen-bond donors (Lipinski definition) is 3. The van der Waals surface area contributed by atoms with Gasteiger partial charge < -0.3 is 16.4 Å². The van der Waals surface area contributed by atoms with E-state index >= 15 is 0 Å². The Kier molecular flexibility index (Phi) is 4.89. The quantitative estimate of drug-likeness (QED) is 0.796. The molecule has 1 heterocycles. The predicted octanol–water partition coefficient (Wildman–Crippen LogP) is 2.95. The molecule has 0 spiro atoms. The molecule has 0 unspecified atom stereocenters. The lowest BCUT2D eigenvalue weighted by Crippen LogP contribution is -2.23. The van der Waals surface area contributed by atoms with Gasteiger partial charge >= 0.3 is 6.03 Å². The monoisotopic (exact) mass is 341 g/mol. The van der Waals surface area contributed by atoms with E-state index < -0.39 is 11.9 Å². The number of hydrogen-bond acceptors (Lipinski definition) is 3. The molecular formula is C13H13Cl2N5O2. The SMILES string of the molecule is CCn1ncc(NC(=O)Nc2ccc(Cl)cc2Cl)c1C(N)=O. The molecule has 0 aliphatic heterocycles. The van der Waals surface area contributed by atoms with Gasteiger partial charge in [0.05, 0.1) is 22.6 Å². The first-order valence-electron chi connectivity index (χ1n) is 6.31. The van der Waals surface area contributed by atoms with E-state index in [1.165, 1.54) is 16.9 Å². The second-order valence-corrected chi connectivity index (χ2v) is 5.13. The fourth-order valence-corrected chi connectivity index (χ4v) is 2.30. The highest BCUT2D eigenvalue weighted by atomic mass is 35.5. The van der Waals surface area contributed by atoms with Crippen LogP contribution in [0.3, 0.4) is 0 Å². The minimum absolute atomic E-state index is 0.125. The van der Waals surface area contributed by atoms with Gasteiger partial charge in [0.2, 0.25) is 0 Å². The maximum absolute atomic E-state index is 12.0. The summed E-state index contributed by atoms with van der Waals surface area (Å²) in [6, 6.07) is 4.08. The van der Waals surface area contributed by atoms with E-state index in [9.17, 15) is 9.59 Å². The Balaban J connectivity index is 2.16. The molecule has 0 fully saturated rings. The highest BCUT2D eigenvalue weighted by Gasteiger charge is 2.17. The van der Waals surface area contributed by atoms with Crippen LogP contribution < -0.4 is 16.4 Å². The van der Waals surface area contributed by atoms with E-state index in [0.29, 0.717) is 22.3 Å². The maximum Gasteiger partial charge on any atom is 0.323 e. The fraction of sp³-hybridized carbons (Fsp3) is 0.154. The summed E-state index contributed by atoms with van der Waals surface area (Å²) in [6.45, 7) is 2.25. The number of primary amides is 1. The van der Waals surface area contributed by atoms with Crippen molar-refractivity contribution in [3.63, 3.8) is 0 Å². The summed E-state index contributed by atoms with van der Waals surface area (Å²) in [5.74, 6) is -0.681. The van der Waals surface area contributed by atoms with Crippen LogP contribution in [0.25, 0.3) is 0 Å². The Hall–Kier alpha value is -2.25. The van der Waals surface area contributed by atoms with E-state index in [4.69, 9.17) is 28.9 Å². The van der Waals surface area contributed by atoms with Crippen molar-refractivity contribution in [1.82, 2.24) is 9.78 Å². The average molecular weight is 342 g/mol. The van der Waals surface area contributed by atoms with Gasteiger partial charge in [0.25, 0.3) is 5.91 Å². The molecule has 0 atom stereocenters. The molecule has 9 heteroatoms. The number of nitrogens with zero attached hydrogens (tertiary/aromatic N) is 2. The number of carbonyl (C=O) groups excluding carboxylic acids is 2. The van der Waals surface area contributed by atoms with Gasteiger partial charge in [-0.2, -0.15) is 5.10 Å². The number of aromatic nitrogens is 2. The lowest BCUT2D eigenvalue weighted by atomic mass is 10.3. The van der Waals surface area contributed by atoms with Crippen LogP contribution in [0.2, 0.25) is 10.0 Å². The number of carbonyl (C=O) groups is 2. The second kappa shape index (κ2) is 6.67. The number of halogens is 2. The Bertz CT molecular complexity index is 729. The molecule has 2 aromatic rings. The van der Waals surface area contributed by atoms with Crippen LogP contribution in [-0.2, 0) is 6.54 Å². The molecule has 0 radical (unpaired) electrons. The lowest BCUT2D eigenvalue weighted by molar-refractivity contribution is 0.0991. The smallest absolute Gasteiger partial charge is 0.323 e. The minimum atomic E-state index is -0.681. The molecule has 0 aliphatic rings. The minimum Gasteiger partial charge on any atom is -0.364 e. The van der Waals surface area contributed by atoms with Gasteiger partial charge in [0.15, 0.2) is 0 Å². The van der Waals surface area contributed by atoms with Crippen molar-refractivity contribution in [2.75, 3.05) is 10.6 Å². The van der Waals surface area contributed by atoms with E-state index in [1.807, 2.05) is 0 Å². The first kappa shape index (κ1) is 16.1. The third-order valence-corrected chi connectivity index (χ3v) is 3.35. The fourth-order valence-electron chi connectivity index (χ4n) is 1.84. The normalized spacial score (nSPS) is 10.3. The van der Waals surface area contributed by atoms with Crippen LogP contribution in [0.1, 0.15) is 17.4 Å². The number of benzene rings is 1. The van der Waals surface area contributed by atoms with Crippen molar-refractivity contribution in [2.45, 2.75) is 13.5 Å². The molecule has 0 saturated heterocycles.